The van der Waals surface area contributed by atoms with Crippen LogP contribution in [0.1, 0.15) is 29.8 Å². The lowest BCUT2D eigenvalue weighted by molar-refractivity contribution is 0.573. The number of halogens is 2. The molecular weight excluding hydrogens is 322 g/mol. The van der Waals surface area contributed by atoms with E-state index in [1.165, 1.54) is 12.1 Å². The minimum atomic E-state index is -0.624. The molecule has 0 unspecified atom stereocenters. The van der Waals surface area contributed by atoms with Gasteiger partial charge in [0, 0.05) is 36.5 Å². The van der Waals surface area contributed by atoms with E-state index in [-0.39, 0.29) is 5.69 Å². The molecule has 1 aromatic carbocycles. The van der Waals surface area contributed by atoms with Crippen LogP contribution in [0.25, 0.3) is 5.69 Å². The number of rotatable bonds is 3. The second kappa shape index (κ2) is 6.63. The second-order valence-electron chi connectivity index (χ2n) is 6.16. The van der Waals surface area contributed by atoms with E-state index < -0.39 is 11.6 Å². The van der Waals surface area contributed by atoms with Crippen molar-refractivity contribution in [2.24, 2.45) is 0 Å². The average Bonchev–Trinajstić information content (AvgIpc) is 2.79. The normalized spacial score (nSPS) is 13.8. The Hall–Kier alpha value is -2.76. The molecule has 4 rings (SSSR count). The Balaban J connectivity index is 1.81. The van der Waals surface area contributed by atoms with Crippen molar-refractivity contribution in [2.45, 2.75) is 25.7 Å². The maximum Gasteiger partial charge on any atom is 0.151 e. The maximum atomic E-state index is 14.3. The van der Waals surface area contributed by atoms with Crippen molar-refractivity contribution in [3.05, 3.63) is 71.2 Å². The van der Waals surface area contributed by atoms with E-state index in [4.69, 9.17) is 0 Å². The monoisotopic (exact) mass is 340 g/mol. The maximum absolute atomic E-state index is 14.3. The summed E-state index contributed by atoms with van der Waals surface area (Å²) >= 11 is 0. The van der Waals surface area contributed by atoms with Gasteiger partial charge in [0.15, 0.2) is 5.82 Å². The van der Waals surface area contributed by atoms with Crippen molar-refractivity contribution in [3.63, 3.8) is 0 Å². The Bertz CT molecular complexity index is 890. The Morgan fingerprint density at radius 3 is 2.84 bits per heavy atom. The Labute approximate surface area is 144 Å². The zero-order valence-electron chi connectivity index (χ0n) is 13.7. The molecule has 0 fully saturated rings. The minimum Gasteiger partial charge on any atom is -0.370 e. The first-order valence-electron chi connectivity index (χ1n) is 8.42. The highest BCUT2D eigenvalue weighted by molar-refractivity contribution is 5.55. The van der Waals surface area contributed by atoms with Crippen LogP contribution in [0.15, 0.2) is 42.6 Å². The molecule has 1 aliphatic rings. The third-order valence-electron chi connectivity index (χ3n) is 4.43. The predicted molar refractivity (Wildman–Crippen MR) is 92.0 cm³/mol. The van der Waals surface area contributed by atoms with Crippen LogP contribution in [0, 0.1) is 11.6 Å². The number of fused-ring (bicyclic) bond motifs is 1. The van der Waals surface area contributed by atoms with Gasteiger partial charge in [-0.05, 0) is 43.5 Å². The lowest BCUT2D eigenvalue weighted by Crippen LogP contribution is -2.08. The summed E-state index contributed by atoms with van der Waals surface area (Å²) in [4.78, 5) is 4.36. The topological polar surface area (TPSA) is 42.7 Å². The first kappa shape index (κ1) is 15.7. The molecule has 128 valence electrons. The SMILES string of the molecule is Fc1ccc(-n2nc(Cc3ccccn3)c3c2NCCCC3)c(F)c1. The molecule has 25 heavy (non-hydrogen) atoms. The molecule has 3 aromatic rings. The fraction of sp³-hybridized carbons (Fsp3) is 0.263. The third-order valence-corrected chi connectivity index (χ3v) is 4.43. The van der Waals surface area contributed by atoms with Crippen LogP contribution in [0.2, 0.25) is 0 Å². The number of aromatic nitrogens is 3. The van der Waals surface area contributed by atoms with Gasteiger partial charge in [0.05, 0.1) is 5.69 Å². The zero-order chi connectivity index (χ0) is 17.2. The first-order chi connectivity index (χ1) is 12.2. The molecule has 3 heterocycles. The van der Waals surface area contributed by atoms with Gasteiger partial charge in [0.25, 0.3) is 0 Å². The summed E-state index contributed by atoms with van der Waals surface area (Å²) in [5, 5.41) is 8.00. The third kappa shape index (κ3) is 3.12. The van der Waals surface area contributed by atoms with Crippen LogP contribution in [0.3, 0.4) is 0 Å². The molecule has 4 nitrogen and oxygen atoms in total. The molecule has 0 saturated carbocycles. The lowest BCUT2D eigenvalue weighted by Gasteiger charge is -2.10. The Morgan fingerprint density at radius 1 is 1.12 bits per heavy atom. The first-order valence-corrected chi connectivity index (χ1v) is 8.42. The van der Waals surface area contributed by atoms with E-state index in [2.05, 4.69) is 15.4 Å². The number of anilines is 1. The van der Waals surface area contributed by atoms with Crippen molar-refractivity contribution >= 4 is 5.82 Å². The molecule has 0 radical (unpaired) electrons. The van der Waals surface area contributed by atoms with Gasteiger partial charge in [-0.3, -0.25) is 4.98 Å². The average molecular weight is 340 g/mol. The molecule has 0 spiro atoms. The van der Waals surface area contributed by atoms with Gasteiger partial charge in [-0.25, -0.2) is 13.5 Å². The van der Waals surface area contributed by atoms with Gasteiger partial charge >= 0.3 is 0 Å². The molecule has 0 saturated heterocycles. The van der Waals surface area contributed by atoms with Crippen molar-refractivity contribution in [2.75, 3.05) is 11.9 Å². The van der Waals surface area contributed by atoms with Gasteiger partial charge < -0.3 is 5.32 Å². The van der Waals surface area contributed by atoms with Crippen molar-refractivity contribution in [1.29, 1.82) is 0 Å². The number of hydrogen-bond donors (Lipinski definition) is 1. The van der Waals surface area contributed by atoms with Gasteiger partial charge in [-0.15, -0.1) is 0 Å². The van der Waals surface area contributed by atoms with Crippen LogP contribution in [0.5, 0.6) is 0 Å². The largest absolute Gasteiger partial charge is 0.370 e. The summed E-state index contributed by atoms with van der Waals surface area (Å²) in [6, 6.07) is 9.33. The molecule has 6 heteroatoms. The van der Waals surface area contributed by atoms with Gasteiger partial charge in [-0.2, -0.15) is 5.10 Å². The van der Waals surface area contributed by atoms with Crippen molar-refractivity contribution < 1.29 is 8.78 Å². The van der Waals surface area contributed by atoms with E-state index in [1.54, 1.807) is 10.9 Å². The number of benzene rings is 1. The summed E-state index contributed by atoms with van der Waals surface area (Å²) < 4.78 is 29.1. The Kier molecular flexibility index (Phi) is 4.17. The number of hydrogen-bond acceptors (Lipinski definition) is 3. The van der Waals surface area contributed by atoms with E-state index in [0.29, 0.717) is 6.42 Å². The molecule has 0 amide bonds. The highest BCUT2D eigenvalue weighted by atomic mass is 19.1. The fourth-order valence-corrected chi connectivity index (χ4v) is 3.22. The molecular formula is C19H18F2N4. The molecule has 0 atom stereocenters. The van der Waals surface area contributed by atoms with Crippen LogP contribution >= 0.6 is 0 Å². The fourth-order valence-electron chi connectivity index (χ4n) is 3.22. The molecule has 1 aliphatic heterocycles. The van der Waals surface area contributed by atoms with Crippen LogP contribution in [0.4, 0.5) is 14.6 Å². The van der Waals surface area contributed by atoms with E-state index >= 15 is 0 Å². The minimum absolute atomic E-state index is 0.249. The van der Waals surface area contributed by atoms with Crippen LogP contribution < -0.4 is 5.32 Å². The summed E-state index contributed by atoms with van der Waals surface area (Å²) in [5.41, 5.74) is 3.14. The standard InChI is InChI=1S/C19H18F2N4/c20-13-7-8-18(16(21)11-13)25-19-15(6-2-4-10-23-19)17(24-25)12-14-5-1-3-9-22-14/h1,3,5,7-9,11,23H,2,4,6,10,12H2. The van der Waals surface area contributed by atoms with Gasteiger partial charge in [-0.1, -0.05) is 6.07 Å². The van der Waals surface area contributed by atoms with Crippen LogP contribution in [-0.4, -0.2) is 21.3 Å². The van der Waals surface area contributed by atoms with Gasteiger partial charge in [0.1, 0.15) is 17.3 Å². The number of nitrogens with zero attached hydrogens (tertiary/aromatic N) is 3. The van der Waals surface area contributed by atoms with Crippen LogP contribution in [-0.2, 0) is 12.8 Å². The second-order valence-corrected chi connectivity index (χ2v) is 6.16. The summed E-state index contributed by atoms with van der Waals surface area (Å²) in [7, 11) is 0. The van der Waals surface area contributed by atoms with Crippen molar-refractivity contribution in [3.8, 4) is 5.69 Å². The molecule has 0 bridgehead atoms. The van der Waals surface area contributed by atoms with Crippen molar-refractivity contribution in [1.82, 2.24) is 14.8 Å². The smallest absolute Gasteiger partial charge is 0.151 e. The number of pyridine rings is 1. The molecule has 1 N–H and O–H groups in total. The molecule has 0 aliphatic carbocycles. The summed E-state index contributed by atoms with van der Waals surface area (Å²) in [5.74, 6) is -0.421. The number of nitrogens with one attached hydrogen (secondary N) is 1. The summed E-state index contributed by atoms with van der Waals surface area (Å²) in [6.07, 6.45) is 5.31. The molecule has 2 aromatic heterocycles. The Morgan fingerprint density at radius 2 is 2.04 bits per heavy atom. The predicted octanol–water partition coefficient (Wildman–Crippen LogP) is 3.88. The van der Waals surface area contributed by atoms with E-state index in [9.17, 15) is 8.78 Å². The highest BCUT2D eigenvalue weighted by Gasteiger charge is 2.22. The zero-order valence-corrected chi connectivity index (χ0v) is 13.7. The van der Waals surface area contributed by atoms with E-state index in [1.807, 2.05) is 18.2 Å². The highest BCUT2D eigenvalue weighted by Crippen LogP contribution is 2.30. The summed E-state index contributed by atoms with van der Waals surface area (Å²) in [6.45, 7) is 0.810. The van der Waals surface area contributed by atoms with E-state index in [0.717, 1.165) is 54.6 Å². The van der Waals surface area contributed by atoms with Gasteiger partial charge in [0.2, 0.25) is 0 Å². The lowest BCUT2D eigenvalue weighted by atomic mass is 10.1. The quantitative estimate of drug-likeness (QED) is 0.787.